The van der Waals surface area contributed by atoms with Crippen molar-refractivity contribution < 1.29 is 45.6 Å². The van der Waals surface area contributed by atoms with Crippen molar-refractivity contribution >= 4 is 38.6 Å². The SMILES string of the molecule is COc1cc(-c2cc(OC)cc(C(C)(C)C)c2Op2oc3c(C(C)(C)C)cc(OC)cc3c3cc(OC)cc(C(C)(C)C)c3o2)c(OCCP2OCC(C)(C)CO2)c(C(C)(C)C)c1. The van der Waals surface area contributed by atoms with Gasteiger partial charge in [-0.25, -0.2) is 0 Å². The minimum Gasteiger partial charge on any atom is -0.497 e. The summed E-state index contributed by atoms with van der Waals surface area (Å²) in [6, 6.07) is 16.2. The Morgan fingerprint density at radius 3 is 1.27 bits per heavy atom. The highest BCUT2D eigenvalue weighted by Crippen LogP contribution is 2.53. The van der Waals surface area contributed by atoms with Gasteiger partial charge in [0.25, 0.3) is 0 Å². The van der Waals surface area contributed by atoms with Crippen molar-refractivity contribution in [1.82, 2.24) is 0 Å². The van der Waals surface area contributed by atoms with E-state index in [0.717, 1.165) is 44.2 Å². The predicted molar refractivity (Wildman–Crippen MR) is 258 cm³/mol. The third-order valence-corrected chi connectivity index (χ3v) is 13.6. The van der Waals surface area contributed by atoms with Crippen molar-refractivity contribution in [3.8, 4) is 45.6 Å². The highest BCUT2D eigenvalue weighted by atomic mass is 31.2. The van der Waals surface area contributed by atoms with E-state index in [1.165, 1.54) is 0 Å². The molecule has 0 bridgehead atoms. The Morgan fingerprint density at radius 2 is 0.873 bits per heavy atom. The van der Waals surface area contributed by atoms with Gasteiger partial charge in [0.15, 0.2) is 8.38 Å². The van der Waals surface area contributed by atoms with Crippen LogP contribution in [0.4, 0.5) is 0 Å². The Hall–Kier alpha value is -4.07. The molecule has 12 heteroatoms. The van der Waals surface area contributed by atoms with E-state index in [9.17, 15) is 0 Å². The van der Waals surface area contributed by atoms with Crippen LogP contribution in [0.1, 0.15) is 119 Å². The lowest BCUT2D eigenvalue weighted by atomic mass is 9.81. The van der Waals surface area contributed by atoms with E-state index in [4.69, 9.17) is 45.6 Å². The standard InChI is InChI=1S/C51H70O10P2/c1-47(2,3)39-25-31(52-15)21-35(43(39)56-19-20-62-57-29-51(13,14)30-58-62)36-22-32(53-16)26-40(48(4,5)6)44(36)59-63-60-45-37(23-33(54-17)27-41(45)49(7,8)9)38-24-34(55-18)28-42(46(38)61-63)50(10,11)12/h21-28H,19-20,29-30H2,1-18H3. The van der Waals surface area contributed by atoms with E-state index in [1.54, 1.807) is 28.4 Å². The molecule has 0 N–H and O–H groups in total. The van der Waals surface area contributed by atoms with Crippen LogP contribution in [0.25, 0.3) is 33.1 Å². The van der Waals surface area contributed by atoms with Crippen molar-refractivity contribution in [2.24, 2.45) is 5.41 Å². The Bertz CT molecular complexity index is 2400. The third-order valence-electron chi connectivity index (χ3n) is 11.2. The summed E-state index contributed by atoms with van der Waals surface area (Å²) in [6.45, 7) is 32.0. The molecule has 0 atom stereocenters. The van der Waals surface area contributed by atoms with Crippen molar-refractivity contribution in [2.45, 2.75) is 119 Å². The van der Waals surface area contributed by atoms with E-state index in [0.29, 0.717) is 71.6 Å². The number of hydrogen-bond acceptors (Lipinski definition) is 10. The maximum absolute atomic E-state index is 7.38. The number of hydrogen-bond donors (Lipinski definition) is 0. The number of ether oxygens (including phenoxy) is 5. The second kappa shape index (κ2) is 18.1. The molecule has 10 nitrogen and oxygen atoms in total. The summed E-state index contributed by atoms with van der Waals surface area (Å²) in [5, 5.41) is 1.65. The lowest BCUT2D eigenvalue weighted by molar-refractivity contribution is 0.0608. The summed E-state index contributed by atoms with van der Waals surface area (Å²) in [4.78, 5) is 0. The van der Waals surface area contributed by atoms with E-state index in [1.807, 2.05) is 42.5 Å². The molecule has 0 amide bonds. The van der Waals surface area contributed by atoms with Crippen LogP contribution < -0.4 is 28.2 Å². The minimum atomic E-state index is -2.19. The van der Waals surface area contributed by atoms with Crippen LogP contribution in [-0.4, -0.2) is 54.4 Å². The van der Waals surface area contributed by atoms with Gasteiger partial charge >= 0.3 is 8.24 Å². The van der Waals surface area contributed by atoms with Crippen LogP contribution in [0.15, 0.2) is 56.9 Å². The first-order chi connectivity index (χ1) is 29.3. The molecule has 344 valence electrons. The van der Waals surface area contributed by atoms with Crippen molar-refractivity contribution in [1.29, 1.82) is 0 Å². The van der Waals surface area contributed by atoms with Crippen molar-refractivity contribution in [3.05, 3.63) is 70.8 Å². The first-order valence-corrected chi connectivity index (χ1v) is 24.1. The quantitative estimate of drug-likeness (QED) is 0.119. The van der Waals surface area contributed by atoms with Crippen LogP contribution in [0.5, 0.6) is 34.5 Å². The molecule has 6 rings (SSSR count). The molecular weight excluding hydrogens is 834 g/mol. The molecule has 1 aliphatic heterocycles. The molecule has 0 unspecified atom stereocenters. The van der Waals surface area contributed by atoms with Crippen molar-refractivity contribution in [2.75, 3.05) is 54.4 Å². The lowest BCUT2D eigenvalue weighted by Gasteiger charge is -2.34. The first-order valence-electron chi connectivity index (χ1n) is 21.7. The Labute approximate surface area is 377 Å². The fourth-order valence-corrected chi connectivity index (χ4v) is 10.3. The van der Waals surface area contributed by atoms with Crippen LogP contribution in [0.3, 0.4) is 0 Å². The van der Waals surface area contributed by atoms with Gasteiger partial charge in [0, 0.05) is 49.6 Å². The molecule has 0 saturated carbocycles. The zero-order valence-corrected chi connectivity index (χ0v) is 42.7. The second-order valence-electron chi connectivity index (χ2n) is 21.3. The van der Waals surface area contributed by atoms with E-state index in [-0.39, 0.29) is 21.7 Å². The predicted octanol–water partition coefficient (Wildman–Crippen LogP) is 14.8. The van der Waals surface area contributed by atoms with E-state index >= 15 is 0 Å². The van der Waals surface area contributed by atoms with Crippen LogP contribution in [0, 0.1) is 5.41 Å². The minimum absolute atomic E-state index is 0.0192. The molecule has 63 heavy (non-hydrogen) atoms. The summed E-state index contributed by atoms with van der Waals surface area (Å²) in [5.41, 5.74) is 5.14. The molecule has 1 aliphatic rings. The van der Waals surface area contributed by atoms with Gasteiger partial charge in [-0.2, -0.15) is 0 Å². The number of fused-ring (bicyclic) bond motifs is 3. The van der Waals surface area contributed by atoms with Crippen LogP contribution in [-0.2, 0) is 30.7 Å². The van der Waals surface area contributed by atoms with E-state index in [2.05, 4.69) is 103 Å². The van der Waals surface area contributed by atoms with Crippen LogP contribution in [0.2, 0.25) is 0 Å². The van der Waals surface area contributed by atoms with Gasteiger partial charge in [-0.3, -0.25) is 0 Å². The smallest absolute Gasteiger partial charge is 0.453 e. The summed E-state index contributed by atoms with van der Waals surface area (Å²) in [6.07, 6.45) is 0.614. The maximum Gasteiger partial charge on any atom is 0.453 e. The average Bonchev–Trinajstić information content (AvgIpc) is 3.35. The fraction of sp³-hybridized carbons (Fsp3) is 0.529. The van der Waals surface area contributed by atoms with Crippen LogP contribution >= 0.6 is 16.6 Å². The molecule has 5 aromatic rings. The molecule has 1 aromatic heterocycles. The van der Waals surface area contributed by atoms with Gasteiger partial charge in [0.2, 0.25) is 0 Å². The zero-order chi connectivity index (χ0) is 46.4. The molecule has 2 heterocycles. The molecule has 4 aromatic carbocycles. The highest BCUT2D eigenvalue weighted by Gasteiger charge is 2.33. The van der Waals surface area contributed by atoms with Crippen molar-refractivity contribution in [3.63, 3.8) is 0 Å². The Kier molecular flexibility index (Phi) is 13.9. The Balaban J connectivity index is 1.70. The van der Waals surface area contributed by atoms with Gasteiger partial charge in [-0.05, 0) is 70.2 Å². The lowest BCUT2D eigenvalue weighted by Crippen LogP contribution is -2.29. The normalized spacial score (nSPS) is 15.1. The first kappa shape index (κ1) is 48.4. The molecule has 0 radical (unpaired) electrons. The molecule has 1 fully saturated rings. The van der Waals surface area contributed by atoms with E-state index < -0.39 is 22.0 Å². The summed E-state index contributed by atoms with van der Waals surface area (Å²) < 4.78 is 64.9. The zero-order valence-electron chi connectivity index (χ0n) is 40.9. The average molecular weight is 905 g/mol. The Morgan fingerprint density at radius 1 is 0.508 bits per heavy atom. The molecule has 1 saturated heterocycles. The molecule has 0 spiro atoms. The summed E-state index contributed by atoms with van der Waals surface area (Å²) in [7, 11) is 3.45. The fourth-order valence-electron chi connectivity index (χ4n) is 7.56. The van der Waals surface area contributed by atoms with Gasteiger partial charge in [-0.15, -0.1) is 0 Å². The number of methoxy groups -OCH3 is 4. The topological polar surface area (TPSA) is 100 Å². The largest absolute Gasteiger partial charge is 0.497 e. The summed E-state index contributed by atoms with van der Waals surface area (Å²) >= 11 is 0. The number of rotatable bonds is 11. The molecular formula is C51H70O10P2. The van der Waals surface area contributed by atoms with Gasteiger partial charge in [0.1, 0.15) is 45.7 Å². The molecule has 0 aliphatic carbocycles. The number of benzene rings is 4. The van der Waals surface area contributed by atoms with Gasteiger partial charge < -0.3 is 45.6 Å². The highest BCUT2D eigenvalue weighted by molar-refractivity contribution is 7.47. The third kappa shape index (κ3) is 10.7. The maximum atomic E-state index is 7.38. The van der Waals surface area contributed by atoms with Gasteiger partial charge in [-0.1, -0.05) is 96.9 Å². The van der Waals surface area contributed by atoms with Gasteiger partial charge in [0.05, 0.1) is 54.4 Å². The second-order valence-corrected chi connectivity index (χ2v) is 23.9. The summed E-state index contributed by atoms with van der Waals surface area (Å²) in [5.74, 6) is 4.06. The monoisotopic (exact) mass is 904 g/mol.